The Morgan fingerprint density at radius 2 is 1.88 bits per heavy atom. The Morgan fingerprint density at radius 1 is 1.12 bits per heavy atom. The molecule has 16 heavy (non-hydrogen) atoms. The molecule has 0 aliphatic rings. The van der Waals surface area contributed by atoms with Crippen molar-refractivity contribution in [3.8, 4) is 5.75 Å². The second-order valence-electron chi connectivity index (χ2n) is 4.09. The van der Waals surface area contributed by atoms with Crippen LogP contribution in [0.5, 0.6) is 5.75 Å². The second-order valence-corrected chi connectivity index (χ2v) is 4.53. The summed E-state index contributed by atoms with van der Waals surface area (Å²) in [6, 6.07) is 6.22. The largest absolute Gasteiger partial charge is 0.492 e. The van der Waals surface area contributed by atoms with Gasteiger partial charge in [0, 0.05) is 0 Å². The standard InChI is InChI=1S/C14H21OS/c1-3-5-7-12-8-9-13(14(16)11-12)15-10-6-4-2/h8-9,11H,3-7,10H2,1-2H3. The molecule has 0 atom stereocenters. The lowest BCUT2D eigenvalue weighted by molar-refractivity contribution is 0.302. The van der Waals surface area contributed by atoms with E-state index in [2.05, 4.69) is 26.0 Å². The molecule has 0 N–H and O–H groups in total. The molecule has 1 nitrogen and oxygen atoms in total. The molecule has 0 saturated carbocycles. The Hall–Kier alpha value is -0.760. The molecule has 0 saturated heterocycles. The third-order valence-electron chi connectivity index (χ3n) is 2.58. The predicted octanol–water partition coefficient (Wildman–Crippen LogP) is 4.76. The molecule has 0 bridgehead atoms. The summed E-state index contributed by atoms with van der Waals surface area (Å²) in [5.74, 6) is 0.865. The van der Waals surface area contributed by atoms with Crippen molar-refractivity contribution in [1.82, 2.24) is 0 Å². The third kappa shape index (κ3) is 4.40. The van der Waals surface area contributed by atoms with E-state index < -0.39 is 0 Å². The Bertz CT molecular complexity index is 310. The van der Waals surface area contributed by atoms with E-state index in [1.54, 1.807) is 0 Å². The molecular formula is C14H21OS. The van der Waals surface area contributed by atoms with Crippen molar-refractivity contribution in [3.63, 3.8) is 0 Å². The minimum absolute atomic E-state index is 0.772. The monoisotopic (exact) mass is 237 g/mol. The van der Waals surface area contributed by atoms with E-state index in [1.807, 2.05) is 6.07 Å². The summed E-state index contributed by atoms with van der Waals surface area (Å²) in [5.41, 5.74) is 1.33. The minimum atomic E-state index is 0.772. The lowest BCUT2D eigenvalue weighted by Crippen LogP contribution is -1.97. The molecule has 2 heteroatoms. The molecule has 0 unspecified atom stereocenters. The van der Waals surface area contributed by atoms with Crippen molar-refractivity contribution in [3.05, 3.63) is 23.8 Å². The second kappa shape index (κ2) is 7.50. The highest BCUT2D eigenvalue weighted by molar-refractivity contribution is 7.80. The summed E-state index contributed by atoms with van der Waals surface area (Å²) in [5, 5.41) is 0. The Balaban J connectivity index is 2.53. The zero-order chi connectivity index (χ0) is 11.8. The average Bonchev–Trinajstić information content (AvgIpc) is 2.29. The molecule has 1 rings (SSSR count). The summed E-state index contributed by atoms with van der Waals surface area (Å²) in [7, 11) is 0. The van der Waals surface area contributed by atoms with Gasteiger partial charge < -0.3 is 4.74 Å². The maximum atomic E-state index is 5.63. The summed E-state index contributed by atoms with van der Waals surface area (Å²) in [4.78, 5) is 0.852. The van der Waals surface area contributed by atoms with Gasteiger partial charge in [-0.1, -0.05) is 45.4 Å². The Labute approximate surface area is 105 Å². The van der Waals surface area contributed by atoms with E-state index in [1.165, 1.54) is 18.4 Å². The van der Waals surface area contributed by atoms with Crippen molar-refractivity contribution in [2.45, 2.75) is 50.8 Å². The number of ether oxygens (including phenoxy) is 1. The normalized spacial score (nSPS) is 10.4. The summed E-state index contributed by atoms with van der Waals surface area (Å²) >= 11 is 5.31. The van der Waals surface area contributed by atoms with Gasteiger partial charge in [0.05, 0.1) is 11.5 Å². The van der Waals surface area contributed by atoms with E-state index in [0.717, 1.165) is 36.5 Å². The van der Waals surface area contributed by atoms with E-state index in [0.29, 0.717) is 0 Å². The number of rotatable bonds is 7. The average molecular weight is 237 g/mol. The van der Waals surface area contributed by atoms with Crippen LogP contribution >= 0.6 is 12.6 Å². The number of unbranched alkanes of at least 4 members (excludes halogenated alkanes) is 2. The van der Waals surface area contributed by atoms with E-state index >= 15 is 0 Å². The molecule has 0 spiro atoms. The van der Waals surface area contributed by atoms with Crippen LogP contribution in [-0.4, -0.2) is 6.61 Å². The van der Waals surface area contributed by atoms with Crippen molar-refractivity contribution in [2.24, 2.45) is 0 Å². The number of hydrogen-bond donors (Lipinski definition) is 0. The zero-order valence-electron chi connectivity index (χ0n) is 10.3. The quantitative estimate of drug-likeness (QED) is 0.621. The molecule has 0 fully saturated rings. The van der Waals surface area contributed by atoms with Crippen LogP contribution in [0.25, 0.3) is 0 Å². The van der Waals surface area contributed by atoms with Crippen LogP contribution in [0.15, 0.2) is 23.1 Å². The molecule has 1 radical (unpaired) electrons. The van der Waals surface area contributed by atoms with Gasteiger partial charge in [-0.25, -0.2) is 0 Å². The summed E-state index contributed by atoms with van der Waals surface area (Å²) in [6.45, 7) is 5.14. The van der Waals surface area contributed by atoms with Gasteiger partial charge in [0.2, 0.25) is 0 Å². The molecule has 0 aliphatic carbocycles. The fraction of sp³-hybridized carbons (Fsp3) is 0.571. The fourth-order valence-electron chi connectivity index (χ4n) is 1.53. The number of hydrogen-bond acceptors (Lipinski definition) is 1. The van der Waals surface area contributed by atoms with Gasteiger partial charge in [0.25, 0.3) is 0 Å². The van der Waals surface area contributed by atoms with Gasteiger partial charge >= 0.3 is 0 Å². The number of benzene rings is 1. The van der Waals surface area contributed by atoms with Gasteiger partial charge in [-0.15, -0.1) is 0 Å². The van der Waals surface area contributed by atoms with Crippen LogP contribution in [0.4, 0.5) is 0 Å². The van der Waals surface area contributed by atoms with Gasteiger partial charge in [-0.2, -0.15) is 0 Å². The van der Waals surface area contributed by atoms with E-state index in [9.17, 15) is 0 Å². The molecule has 0 amide bonds. The first-order valence-electron chi connectivity index (χ1n) is 6.20. The third-order valence-corrected chi connectivity index (χ3v) is 2.90. The SMILES string of the molecule is CCCCOc1ccc(CCCC)cc1[S]. The summed E-state index contributed by atoms with van der Waals surface area (Å²) in [6.07, 6.45) is 5.81. The van der Waals surface area contributed by atoms with Gasteiger partial charge in [0.1, 0.15) is 5.75 Å². The first-order valence-corrected chi connectivity index (χ1v) is 6.61. The smallest absolute Gasteiger partial charge is 0.137 e. The van der Waals surface area contributed by atoms with Crippen LogP contribution in [0, 0.1) is 0 Å². The first-order chi connectivity index (χ1) is 7.77. The fourth-order valence-corrected chi connectivity index (χ4v) is 1.81. The maximum Gasteiger partial charge on any atom is 0.137 e. The Kier molecular flexibility index (Phi) is 6.24. The van der Waals surface area contributed by atoms with Crippen LogP contribution in [-0.2, 0) is 6.42 Å². The molecule has 0 aliphatic heterocycles. The van der Waals surface area contributed by atoms with Crippen LogP contribution in [0.2, 0.25) is 0 Å². The number of aryl methyl sites for hydroxylation is 1. The van der Waals surface area contributed by atoms with Crippen LogP contribution < -0.4 is 4.74 Å². The highest BCUT2D eigenvalue weighted by Crippen LogP contribution is 2.24. The van der Waals surface area contributed by atoms with Crippen molar-refractivity contribution in [1.29, 1.82) is 0 Å². The molecule has 1 aromatic carbocycles. The summed E-state index contributed by atoms with van der Waals surface area (Å²) < 4.78 is 5.63. The van der Waals surface area contributed by atoms with E-state index in [-0.39, 0.29) is 0 Å². The molecule has 0 heterocycles. The van der Waals surface area contributed by atoms with Crippen molar-refractivity contribution >= 4 is 12.6 Å². The first kappa shape index (κ1) is 13.3. The highest BCUT2D eigenvalue weighted by atomic mass is 32.1. The molecular weight excluding hydrogens is 216 g/mol. The van der Waals surface area contributed by atoms with Crippen molar-refractivity contribution in [2.75, 3.05) is 6.61 Å². The van der Waals surface area contributed by atoms with Gasteiger partial charge in [-0.3, -0.25) is 0 Å². The lowest BCUT2D eigenvalue weighted by atomic mass is 10.1. The van der Waals surface area contributed by atoms with Crippen molar-refractivity contribution < 1.29 is 4.74 Å². The van der Waals surface area contributed by atoms with Crippen LogP contribution in [0.3, 0.4) is 0 Å². The molecule has 0 aromatic heterocycles. The molecule has 89 valence electrons. The molecule has 1 aromatic rings. The lowest BCUT2D eigenvalue weighted by Gasteiger charge is -2.09. The zero-order valence-corrected chi connectivity index (χ0v) is 11.1. The maximum absolute atomic E-state index is 5.63. The van der Waals surface area contributed by atoms with Crippen LogP contribution in [0.1, 0.15) is 45.1 Å². The minimum Gasteiger partial charge on any atom is -0.492 e. The van der Waals surface area contributed by atoms with Gasteiger partial charge in [-0.05, 0) is 37.0 Å². The topological polar surface area (TPSA) is 9.23 Å². The predicted molar refractivity (Wildman–Crippen MR) is 71.3 cm³/mol. The van der Waals surface area contributed by atoms with E-state index in [4.69, 9.17) is 17.4 Å². The highest BCUT2D eigenvalue weighted by Gasteiger charge is 2.02. The Morgan fingerprint density at radius 3 is 2.50 bits per heavy atom. The van der Waals surface area contributed by atoms with Gasteiger partial charge in [0.15, 0.2) is 0 Å².